The van der Waals surface area contributed by atoms with E-state index in [1.165, 1.54) is 13.8 Å². The molecule has 16 heteroatoms. The summed E-state index contributed by atoms with van der Waals surface area (Å²) in [5, 5.41) is 0. The first-order valence-corrected chi connectivity index (χ1v) is 14.6. The Hall–Kier alpha value is -0.360. The molecule has 3 N–H and O–H groups in total. The number of sulfonamides is 4. The fraction of sp³-hybridized carbons (Fsp3) is 1.00. The highest BCUT2D eigenvalue weighted by Crippen LogP contribution is 2.07. The van der Waals surface area contributed by atoms with Crippen molar-refractivity contribution in [3.05, 3.63) is 0 Å². The van der Waals surface area contributed by atoms with Gasteiger partial charge in [0.15, 0.2) is 0 Å². The minimum Gasteiger partial charge on any atom is -0.212 e. The van der Waals surface area contributed by atoms with Gasteiger partial charge in [-0.05, 0) is 19.8 Å². The van der Waals surface area contributed by atoms with Gasteiger partial charge in [0.05, 0.1) is 17.3 Å². The molecule has 12 nitrogen and oxygen atoms in total. The first-order valence-electron chi connectivity index (χ1n) is 8.10. The molecule has 1 atom stereocenters. The molecule has 0 aromatic carbocycles. The van der Waals surface area contributed by atoms with Crippen molar-refractivity contribution in [3.8, 4) is 0 Å². The molecule has 0 radical (unpaired) electrons. The van der Waals surface area contributed by atoms with Crippen LogP contribution in [0.5, 0.6) is 0 Å². The minimum atomic E-state index is -4.79. The van der Waals surface area contributed by atoms with Crippen molar-refractivity contribution in [2.75, 3.05) is 24.3 Å². The zero-order valence-corrected chi connectivity index (χ0v) is 18.9. The van der Waals surface area contributed by atoms with E-state index in [1.54, 1.807) is 21.2 Å². The number of nitrogens with one attached hydrogen (secondary N) is 3. The maximum Gasteiger partial charge on any atom is 0.259 e. The highest BCUT2D eigenvalue weighted by molar-refractivity contribution is 7.95. The average molecular weight is 473 g/mol. The van der Waals surface area contributed by atoms with Gasteiger partial charge in [-0.3, -0.25) is 0 Å². The van der Waals surface area contributed by atoms with Crippen LogP contribution in [-0.4, -0.2) is 67.9 Å². The summed E-state index contributed by atoms with van der Waals surface area (Å²) >= 11 is 0. The predicted molar refractivity (Wildman–Crippen MR) is 102 cm³/mol. The quantitative estimate of drug-likeness (QED) is 0.201. The van der Waals surface area contributed by atoms with Gasteiger partial charge in [0, 0.05) is 7.05 Å². The van der Waals surface area contributed by atoms with E-state index in [0.29, 0.717) is 6.42 Å². The van der Waals surface area contributed by atoms with E-state index >= 15 is 0 Å². The molecule has 0 aliphatic carbocycles. The van der Waals surface area contributed by atoms with E-state index in [-0.39, 0.29) is 23.0 Å². The lowest BCUT2D eigenvalue weighted by Crippen LogP contribution is -2.59. The van der Waals surface area contributed by atoms with Crippen LogP contribution in [0.4, 0.5) is 0 Å². The van der Waals surface area contributed by atoms with Gasteiger partial charge in [-0.2, -0.15) is 9.44 Å². The van der Waals surface area contributed by atoms with Crippen LogP contribution < -0.4 is 14.3 Å². The molecule has 0 aromatic heterocycles. The van der Waals surface area contributed by atoms with Crippen molar-refractivity contribution in [1.29, 1.82) is 0 Å². The Balaban J connectivity index is 5.78. The average Bonchev–Trinajstić information content (AvgIpc) is 2.51. The molecular formula is C11H28N4O8S4. The van der Waals surface area contributed by atoms with Crippen molar-refractivity contribution in [2.45, 2.75) is 45.5 Å². The van der Waals surface area contributed by atoms with Gasteiger partial charge >= 0.3 is 0 Å². The van der Waals surface area contributed by atoms with Gasteiger partial charge in [0.25, 0.3) is 10.0 Å². The van der Waals surface area contributed by atoms with E-state index in [1.807, 2.05) is 0 Å². The SMILES string of the molecule is CCCCS(=O)(=O)NN(C)S(=O)(=O)C(NS(=O)(=O)CC)NS(=O)(=O)CCC. The molecule has 0 aliphatic heterocycles. The highest BCUT2D eigenvalue weighted by atomic mass is 32.2. The Morgan fingerprint density at radius 1 is 0.741 bits per heavy atom. The Morgan fingerprint density at radius 3 is 1.70 bits per heavy atom. The first-order chi connectivity index (χ1) is 12.1. The van der Waals surface area contributed by atoms with E-state index in [0.717, 1.165) is 7.05 Å². The number of hydrogen-bond acceptors (Lipinski definition) is 8. The topological polar surface area (TPSA) is 176 Å². The summed E-state index contributed by atoms with van der Waals surface area (Å²) in [5.41, 5.74) is -2.31. The molecule has 0 saturated heterocycles. The maximum absolute atomic E-state index is 12.6. The van der Waals surface area contributed by atoms with Gasteiger partial charge < -0.3 is 0 Å². The second-order valence-electron chi connectivity index (χ2n) is 5.61. The van der Waals surface area contributed by atoms with Gasteiger partial charge in [0.2, 0.25) is 35.6 Å². The van der Waals surface area contributed by atoms with E-state index < -0.39 is 57.1 Å². The van der Waals surface area contributed by atoms with Crippen LogP contribution in [-0.2, 0) is 40.1 Å². The zero-order chi connectivity index (χ0) is 21.5. The minimum absolute atomic E-state index is 0.155. The molecule has 0 aliphatic rings. The molecule has 1 unspecified atom stereocenters. The third-order valence-electron chi connectivity index (χ3n) is 3.14. The van der Waals surface area contributed by atoms with Gasteiger partial charge in [0.1, 0.15) is 0 Å². The van der Waals surface area contributed by atoms with Gasteiger partial charge in [-0.15, -0.1) is 9.25 Å². The van der Waals surface area contributed by atoms with Crippen LogP contribution in [0.15, 0.2) is 0 Å². The molecule has 0 spiro atoms. The third kappa shape index (κ3) is 9.60. The Bertz CT molecular complexity index is 881. The molecule has 164 valence electrons. The smallest absolute Gasteiger partial charge is 0.212 e. The molecule has 0 bridgehead atoms. The Morgan fingerprint density at radius 2 is 1.26 bits per heavy atom. The number of nitrogens with zero attached hydrogens (tertiary/aromatic N) is 1. The summed E-state index contributed by atoms with van der Waals surface area (Å²) in [4.78, 5) is 1.78. The number of hydrazine groups is 1. The summed E-state index contributed by atoms with van der Waals surface area (Å²) in [6, 6.07) is 0. The van der Waals surface area contributed by atoms with Crippen molar-refractivity contribution < 1.29 is 33.7 Å². The fourth-order valence-corrected chi connectivity index (χ4v) is 7.41. The molecule has 27 heavy (non-hydrogen) atoms. The van der Waals surface area contributed by atoms with Crippen molar-refractivity contribution in [2.24, 2.45) is 0 Å². The predicted octanol–water partition coefficient (Wildman–Crippen LogP) is -1.57. The molecule has 0 saturated carbocycles. The first kappa shape index (κ1) is 26.6. The van der Waals surface area contributed by atoms with Crippen molar-refractivity contribution >= 4 is 40.1 Å². The number of rotatable bonds is 14. The summed E-state index contributed by atoms with van der Waals surface area (Å²) in [6.45, 7) is 4.50. The van der Waals surface area contributed by atoms with Crippen LogP contribution >= 0.6 is 0 Å². The largest absolute Gasteiger partial charge is 0.259 e. The third-order valence-corrected chi connectivity index (χ3v) is 9.51. The lowest BCUT2D eigenvalue weighted by molar-refractivity contribution is 0.417. The summed E-state index contributed by atoms with van der Waals surface area (Å²) < 4.78 is 100. The standard InChI is InChI=1S/C11H28N4O8S4/c1-5-8-10-26(20,21)14-15(4)27(22,23)11(12-24(16,17)7-3)13-25(18,19)9-6-2/h11-14H,5-10H2,1-4H3. The zero-order valence-electron chi connectivity index (χ0n) is 15.7. The molecule has 0 rings (SSSR count). The lowest BCUT2D eigenvalue weighted by Gasteiger charge is -2.25. The highest BCUT2D eigenvalue weighted by Gasteiger charge is 2.37. The van der Waals surface area contributed by atoms with E-state index in [4.69, 9.17) is 0 Å². The van der Waals surface area contributed by atoms with E-state index in [9.17, 15) is 33.7 Å². The van der Waals surface area contributed by atoms with Crippen LogP contribution in [0.2, 0.25) is 0 Å². The van der Waals surface area contributed by atoms with Crippen molar-refractivity contribution in [1.82, 2.24) is 18.7 Å². The van der Waals surface area contributed by atoms with Crippen LogP contribution in [0, 0.1) is 0 Å². The number of unbranched alkanes of at least 4 members (excludes halogenated alkanes) is 1. The Kier molecular flexibility index (Phi) is 10.3. The molecule has 0 amide bonds. The van der Waals surface area contributed by atoms with Gasteiger partial charge in [-0.25, -0.2) is 33.7 Å². The normalized spacial score (nSPS) is 15.1. The maximum atomic E-state index is 12.6. The molecular weight excluding hydrogens is 444 g/mol. The fourth-order valence-electron chi connectivity index (χ4n) is 1.67. The molecule has 0 fully saturated rings. The second-order valence-corrected chi connectivity index (χ2v) is 13.4. The lowest BCUT2D eigenvalue weighted by atomic mass is 10.4. The second kappa shape index (κ2) is 10.4. The summed E-state index contributed by atoms with van der Waals surface area (Å²) in [7, 11) is -16.3. The summed E-state index contributed by atoms with van der Waals surface area (Å²) in [6.07, 6.45) is 0.980. The number of hydrogen-bond donors (Lipinski definition) is 3. The van der Waals surface area contributed by atoms with E-state index in [2.05, 4.69) is 0 Å². The summed E-state index contributed by atoms with van der Waals surface area (Å²) in [5.74, 6) is -1.31. The molecule has 0 aromatic rings. The van der Waals surface area contributed by atoms with Crippen LogP contribution in [0.3, 0.4) is 0 Å². The van der Waals surface area contributed by atoms with Crippen LogP contribution in [0.1, 0.15) is 40.0 Å². The van der Waals surface area contributed by atoms with Crippen molar-refractivity contribution in [3.63, 3.8) is 0 Å². The monoisotopic (exact) mass is 472 g/mol. The van der Waals surface area contributed by atoms with Gasteiger partial charge in [-0.1, -0.05) is 20.3 Å². The molecule has 0 heterocycles. The Labute approximate surface area is 162 Å². The van der Waals surface area contributed by atoms with Crippen LogP contribution in [0.25, 0.3) is 0 Å².